The maximum atomic E-state index is 12.6. The molecule has 34 heavy (non-hydrogen) atoms. The predicted octanol–water partition coefficient (Wildman–Crippen LogP) is 3.58. The molecule has 0 bridgehead atoms. The Morgan fingerprint density at radius 1 is 0.853 bits per heavy atom. The summed E-state index contributed by atoms with van der Waals surface area (Å²) in [6.45, 7) is 3.01. The molecule has 0 atom stereocenters. The van der Waals surface area contributed by atoms with Gasteiger partial charge in [0.25, 0.3) is 5.91 Å². The van der Waals surface area contributed by atoms with E-state index in [9.17, 15) is 19.5 Å². The molecule has 0 aliphatic carbocycles. The standard InChI is InChI=1S/C26H32N4O4/c31-23-7-3-2-6-22(23)28-24(32)20-12-16-30(17-13-20)26(34)27-18-19-8-10-21(11-9-19)25(33)29-14-4-1-5-15-29/h2-3,6-11,20,31H,1,4-5,12-18H2,(H,27,34)(H,28,32). The predicted molar refractivity (Wildman–Crippen MR) is 129 cm³/mol. The molecule has 0 radical (unpaired) electrons. The number of anilines is 1. The van der Waals surface area contributed by atoms with E-state index in [1.54, 1.807) is 23.1 Å². The van der Waals surface area contributed by atoms with Crippen molar-refractivity contribution in [3.63, 3.8) is 0 Å². The van der Waals surface area contributed by atoms with Gasteiger partial charge in [-0.25, -0.2) is 4.79 Å². The van der Waals surface area contributed by atoms with Gasteiger partial charge in [-0.2, -0.15) is 0 Å². The number of aromatic hydroxyl groups is 1. The summed E-state index contributed by atoms with van der Waals surface area (Å²) in [6.07, 6.45) is 4.45. The van der Waals surface area contributed by atoms with Gasteiger partial charge in [0.1, 0.15) is 5.75 Å². The number of piperidine rings is 2. The maximum absolute atomic E-state index is 12.6. The van der Waals surface area contributed by atoms with Crippen LogP contribution in [-0.4, -0.2) is 58.9 Å². The Morgan fingerprint density at radius 3 is 2.21 bits per heavy atom. The van der Waals surface area contributed by atoms with Crippen LogP contribution < -0.4 is 10.6 Å². The first-order chi connectivity index (χ1) is 16.5. The fraction of sp³-hybridized carbons (Fsp3) is 0.423. The molecule has 8 nitrogen and oxygen atoms in total. The van der Waals surface area contributed by atoms with E-state index in [4.69, 9.17) is 0 Å². The number of nitrogens with one attached hydrogen (secondary N) is 2. The third kappa shape index (κ3) is 5.87. The molecule has 180 valence electrons. The average molecular weight is 465 g/mol. The minimum Gasteiger partial charge on any atom is -0.506 e. The molecular formula is C26H32N4O4. The van der Waals surface area contributed by atoms with Crippen molar-refractivity contribution in [2.75, 3.05) is 31.5 Å². The van der Waals surface area contributed by atoms with Crippen molar-refractivity contribution in [1.82, 2.24) is 15.1 Å². The molecule has 2 aliphatic rings. The Hall–Kier alpha value is -3.55. The second-order valence-electron chi connectivity index (χ2n) is 8.98. The molecule has 2 heterocycles. The van der Waals surface area contributed by atoms with Crippen LogP contribution >= 0.6 is 0 Å². The van der Waals surface area contributed by atoms with Crippen LogP contribution in [-0.2, 0) is 11.3 Å². The van der Waals surface area contributed by atoms with E-state index in [1.165, 1.54) is 12.5 Å². The largest absolute Gasteiger partial charge is 0.506 e. The summed E-state index contributed by atoms with van der Waals surface area (Å²) < 4.78 is 0. The van der Waals surface area contributed by atoms with Gasteiger partial charge in [0.2, 0.25) is 5.91 Å². The lowest BCUT2D eigenvalue weighted by Gasteiger charge is -2.31. The van der Waals surface area contributed by atoms with Crippen molar-refractivity contribution in [3.8, 4) is 5.75 Å². The lowest BCUT2D eigenvalue weighted by Crippen LogP contribution is -2.45. The highest BCUT2D eigenvalue weighted by atomic mass is 16.3. The molecule has 4 rings (SSSR count). The van der Waals surface area contributed by atoms with Crippen LogP contribution in [0.5, 0.6) is 5.75 Å². The van der Waals surface area contributed by atoms with Crippen LogP contribution in [0.25, 0.3) is 0 Å². The third-order valence-electron chi connectivity index (χ3n) is 6.60. The lowest BCUT2D eigenvalue weighted by atomic mass is 9.96. The van der Waals surface area contributed by atoms with E-state index in [1.807, 2.05) is 29.2 Å². The van der Waals surface area contributed by atoms with Gasteiger partial charge < -0.3 is 25.5 Å². The fourth-order valence-corrected chi connectivity index (χ4v) is 4.49. The molecule has 0 aromatic heterocycles. The number of para-hydroxylation sites is 2. The maximum Gasteiger partial charge on any atom is 0.317 e. The average Bonchev–Trinajstić information content (AvgIpc) is 2.89. The van der Waals surface area contributed by atoms with Crippen LogP contribution in [0.1, 0.15) is 48.0 Å². The zero-order chi connectivity index (χ0) is 23.9. The summed E-state index contributed by atoms with van der Waals surface area (Å²) in [7, 11) is 0. The van der Waals surface area contributed by atoms with Crippen molar-refractivity contribution in [2.45, 2.75) is 38.6 Å². The minimum atomic E-state index is -0.200. The van der Waals surface area contributed by atoms with Crippen molar-refractivity contribution in [2.24, 2.45) is 5.92 Å². The van der Waals surface area contributed by atoms with Crippen LogP contribution in [0, 0.1) is 5.92 Å². The Kier molecular flexibility index (Phi) is 7.67. The molecule has 2 saturated heterocycles. The van der Waals surface area contributed by atoms with Crippen LogP contribution in [0.3, 0.4) is 0 Å². The van der Waals surface area contributed by atoms with Gasteiger partial charge in [-0.1, -0.05) is 24.3 Å². The van der Waals surface area contributed by atoms with E-state index >= 15 is 0 Å². The van der Waals surface area contributed by atoms with Gasteiger partial charge in [-0.3, -0.25) is 9.59 Å². The van der Waals surface area contributed by atoms with Crippen LogP contribution in [0.4, 0.5) is 10.5 Å². The van der Waals surface area contributed by atoms with Crippen molar-refractivity contribution in [3.05, 3.63) is 59.7 Å². The van der Waals surface area contributed by atoms with Crippen molar-refractivity contribution >= 4 is 23.5 Å². The van der Waals surface area contributed by atoms with Gasteiger partial charge in [0.15, 0.2) is 0 Å². The van der Waals surface area contributed by atoms with E-state index in [0.717, 1.165) is 31.5 Å². The van der Waals surface area contributed by atoms with E-state index in [-0.39, 0.29) is 29.5 Å². The fourth-order valence-electron chi connectivity index (χ4n) is 4.49. The molecule has 2 fully saturated rings. The van der Waals surface area contributed by atoms with E-state index < -0.39 is 0 Å². The van der Waals surface area contributed by atoms with Gasteiger partial charge in [-0.05, 0) is 61.9 Å². The first-order valence-electron chi connectivity index (χ1n) is 12.0. The summed E-state index contributed by atoms with van der Waals surface area (Å²) in [5.41, 5.74) is 2.01. The highest BCUT2D eigenvalue weighted by Crippen LogP contribution is 2.25. The minimum absolute atomic E-state index is 0.0385. The highest BCUT2D eigenvalue weighted by Gasteiger charge is 2.27. The highest BCUT2D eigenvalue weighted by molar-refractivity contribution is 5.94. The zero-order valence-electron chi connectivity index (χ0n) is 19.3. The number of carbonyl (C=O) groups is 3. The number of benzene rings is 2. The number of urea groups is 1. The molecule has 0 spiro atoms. The number of phenolic OH excluding ortho intramolecular Hbond substituents is 1. The van der Waals surface area contributed by atoms with E-state index in [2.05, 4.69) is 10.6 Å². The number of amides is 4. The number of rotatable bonds is 5. The van der Waals surface area contributed by atoms with Crippen LogP contribution in [0.2, 0.25) is 0 Å². The van der Waals surface area contributed by atoms with Gasteiger partial charge >= 0.3 is 6.03 Å². The summed E-state index contributed by atoms with van der Waals surface area (Å²) in [5.74, 6) is -0.226. The topological polar surface area (TPSA) is 102 Å². The number of carbonyl (C=O) groups excluding carboxylic acids is 3. The SMILES string of the molecule is O=C(Nc1ccccc1O)C1CCN(C(=O)NCc2ccc(C(=O)N3CCCCC3)cc2)CC1. The smallest absolute Gasteiger partial charge is 0.317 e. The Labute approximate surface area is 199 Å². The second kappa shape index (κ2) is 11.0. The number of hydrogen-bond acceptors (Lipinski definition) is 4. The Morgan fingerprint density at radius 2 is 1.53 bits per heavy atom. The third-order valence-corrected chi connectivity index (χ3v) is 6.60. The Balaban J connectivity index is 1.21. The van der Waals surface area contributed by atoms with Crippen molar-refractivity contribution < 1.29 is 19.5 Å². The molecule has 8 heteroatoms. The first-order valence-corrected chi connectivity index (χ1v) is 12.0. The van der Waals surface area contributed by atoms with Gasteiger partial charge in [-0.15, -0.1) is 0 Å². The Bertz CT molecular complexity index is 1010. The number of hydrogen-bond donors (Lipinski definition) is 3. The summed E-state index contributed by atoms with van der Waals surface area (Å²) in [5, 5.41) is 15.5. The summed E-state index contributed by atoms with van der Waals surface area (Å²) in [6, 6.07) is 13.9. The molecule has 0 saturated carbocycles. The van der Waals surface area contributed by atoms with Gasteiger partial charge in [0.05, 0.1) is 5.69 Å². The zero-order valence-corrected chi connectivity index (χ0v) is 19.3. The quantitative estimate of drug-likeness (QED) is 0.589. The van der Waals surface area contributed by atoms with Crippen LogP contribution in [0.15, 0.2) is 48.5 Å². The molecule has 2 aromatic carbocycles. The summed E-state index contributed by atoms with van der Waals surface area (Å²) in [4.78, 5) is 41.3. The normalized spacial score (nSPS) is 16.7. The van der Waals surface area contributed by atoms with Gasteiger partial charge in [0, 0.05) is 44.2 Å². The number of nitrogens with zero attached hydrogens (tertiary/aromatic N) is 2. The molecule has 3 N–H and O–H groups in total. The molecule has 4 amide bonds. The van der Waals surface area contributed by atoms with E-state index in [0.29, 0.717) is 43.7 Å². The lowest BCUT2D eigenvalue weighted by molar-refractivity contribution is -0.121. The number of phenols is 1. The molecular weight excluding hydrogens is 432 g/mol. The second-order valence-corrected chi connectivity index (χ2v) is 8.98. The molecule has 2 aliphatic heterocycles. The summed E-state index contributed by atoms with van der Waals surface area (Å²) >= 11 is 0. The number of likely N-dealkylation sites (tertiary alicyclic amines) is 2. The monoisotopic (exact) mass is 464 g/mol. The first kappa shape index (κ1) is 23.6. The molecule has 0 unspecified atom stereocenters. The molecule has 2 aromatic rings. The van der Waals surface area contributed by atoms with Crippen molar-refractivity contribution in [1.29, 1.82) is 0 Å².